The maximum absolute atomic E-state index is 13.0. The van der Waals surface area contributed by atoms with Crippen LogP contribution in [0.15, 0.2) is 24.3 Å². The molecular weight excluding hydrogens is 375 g/mol. The van der Waals surface area contributed by atoms with E-state index in [-0.39, 0.29) is 24.8 Å². The Kier molecular flexibility index (Phi) is 6.56. The van der Waals surface area contributed by atoms with Gasteiger partial charge in [-0.05, 0) is 18.1 Å². The van der Waals surface area contributed by atoms with E-state index in [1.165, 1.54) is 6.07 Å². The van der Waals surface area contributed by atoms with Crippen LogP contribution in [0.5, 0.6) is 0 Å². The Morgan fingerprint density at radius 2 is 2.04 bits per heavy atom. The van der Waals surface area contributed by atoms with Crippen LogP contribution < -0.4 is 5.32 Å². The third kappa shape index (κ3) is 5.23. The van der Waals surface area contributed by atoms with E-state index >= 15 is 0 Å². The van der Waals surface area contributed by atoms with Crippen molar-refractivity contribution in [3.63, 3.8) is 0 Å². The number of amides is 2. The molecule has 1 N–H and O–H groups in total. The fourth-order valence-corrected chi connectivity index (χ4v) is 3.54. The first-order valence-electron chi connectivity index (χ1n) is 9.38. The Morgan fingerprint density at radius 3 is 2.82 bits per heavy atom. The lowest BCUT2D eigenvalue weighted by atomic mass is 10.0. The molecule has 2 aliphatic rings. The summed E-state index contributed by atoms with van der Waals surface area (Å²) >= 11 is 0. The molecule has 28 heavy (non-hydrogen) atoms. The van der Waals surface area contributed by atoms with Crippen molar-refractivity contribution in [2.24, 2.45) is 0 Å². The highest BCUT2D eigenvalue weighted by atomic mass is 19.4. The summed E-state index contributed by atoms with van der Waals surface area (Å²) in [6.45, 7) is 3.20. The molecule has 9 heteroatoms. The van der Waals surface area contributed by atoms with Crippen molar-refractivity contribution in [1.82, 2.24) is 15.1 Å². The van der Waals surface area contributed by atoms with Crippen molar-refractivity contribution >= 4 is 11.8 Å². The molecule has 0 aromatic heterocycles. The van der Waals surface area contributed by atoms with E-state index < -0.39 is 17.8 Å². The van der Waals surface area contributed by atoms with Crippen molar-refractivity contribution in [3.05, 3.63) is 35.4 Å². The lowest BCUT2D eigenvalue weighted by Crippen LogP contribution is -2.56. The minimum Gasteiger partial charge on any atom is -0.380 e. The van der Waals surface area contributed by atoms with Gasteiger partial charge in [0.2, 0.25) is 11.8 Å². The summed E-state index contributed by atoms with van der Waals surface area (Å²) < 4.78 is 44.2. The SMILES string of the molecule is O=C1NCCN(Cc2cccc(C(F)(F)F)c2)[C@H]1CC(=O)N1CCCOCC1. The van der Waals surface area contributed by atoms with E-state index in [1.807, 2.05) is 0 Å². The number of carbonyl (C=O) groups excluding carboxylic acids is 2. The normalized spacial score (nSPS) is 21.9. The third-order valence-corrected chi connectivity index (χ3v) is 5.02. The molecule has 2 amide bonds. The summed E-state index contributed by atoms with van der Waals surface area (Å²) in [7, 11) is 0. The molecule has 2 saturated heterocycles. The van der Waals surface area contributed by atoms with Gasteiger partial charge in [0.15, 0.2) is 0 Å². The van der Waals surface area contributed by atoms with Gasteiger partial charge in [0.1, 0.15) is 0 Å². The molecule has 0 spiro atoms. The summed E-state index contributed by atoms with van der Waals surface area (Å²) in [5.41, 5.74) is -0.256. The Morgan fingerprint density at radius 1 is 1.21 bits per heavy atom. The molecule has 2 heterocycles. The van der Waals surface area contributed by atoms with Crippen LogP contribution in [-0.4, -0.2) is 67.0 Å². The lowest BCUT2D eigenvalue weighted by molar-refractivity contribution is -0.139. The van der Waals surface area contributed by atoms with E-state index in [1.54, 1.807) is 15.9 Å². The number of hydrogen-bond donors (Lipinski definition) is 1. The molecule has 2 fully saturated rings. The number of hydrogen-bond acceptors (Lipinski definition) is 4. The first-order valence-corrected chi connectivity index (χ1v) is 9.38. The minimum absolute atomic E-state index is 0.00476. The number of nitrogens with one attached hydrogen (secondary N) is 1. The van der Waals surface area contributed by atoms with E-state index in [0.29, 0.717) is 45.0 Å². The van der Waals surface area contributed by atoms with Gasteiger partial charge in [-0.2, -0.15) is 13.2 Å². The van der Waals surface area contributed by atoms with Gasteiger partial charge in [0.25, 0.3) is 0 Å². The van der Waals surface area contributed by atoms with Gasteiger partial charge < -0.3 is 15.0 Å². The first-order chi connectivity index (χ1) is 13.3. The highest BCUT2D eigenvalue weighted by Gasteiger charge is 2.34. The van der Waals surface area contributed by atoms with Gasteiger partial charge in [-0.25, -0.2) is 0 Å². The smallest absolute Gasteiger partial charge is 0.380 e. The number of rotatable bonds is 4. The molecule has 0 bridgehead atoms. The van der Waals surface area contributed by atoms with Crippen LogP contribution in [0.3, 0.4) is 0 Å². The monoisotopic (exact) mass is 399 g/mol. The van der Waals surface area contributed by atoms with Crippen LogP contribution in [0, 0.1) is 0 Å². The second-order valence-electron chi connectivity index (χ2n) is 7.03. The zero-order chi connectivity index (χ0) is 20.1. The van der Waals surface area contributed by atoms with Crippen molar-refractivity contribution in [2.45, 2.75) is 31.6 Å². The fourth-order valence-electron chi connectivity index (χ4n) is 3.54. The van der Waals surface area contributed by atoms with Crippen molar-refractivity contribution < 1.29 is 27.5 Å². The van der Waals surface area contributed by atoms with E-state index in [4.69, 9.17) is 4.74 Å². The molecule has 1 aromatic rings. The summed E-state index contributed by atoms with van der Waals surface area (Å²) in [5.74, 6) is -0.403. The first kappa shape index (κ1) is 20.6. The molecule has 0 unspecified atom stereocenters. The molecule has 1 atom stereocenters. The molecule has 0 aliphatic carbocycles. The summed E-state index contributed by atoms with van der Waals surface area (Å²) in [5, 5.41) is 2.75. The summed E-state index contributed by atoms with van der Waals surface area (Å²) in [6, 6.07) is 4.39. The molecule has 3 rings (SSSR count). The summed E-state index contributed by atoms with van der Waals surface area (Å²) in [4.78, 5) is 28.5. The van der Waals surface area contributed by atoms with E-state index in [9.17, 15) is 22.8 Å². The van der Waals surface area contributed by atoms with Crippen LogP contribution in [0.4, 0.5) is 13.2 Å². The van der Waals surface area contributed by atoms with Crippen molar-refractivity contribution in [1.29, 1.82) is 0 Å². The zero-order valence-corrected chi connectivity index (χ0v) is 15.5. The number of halogens is 3. The Hall–Kier alpha value is -2.13. The molecule has 0 saturated carbocycles. The van der Waals surface area contributed by atoms with E-state index in [0.717, 1.165) is 18.6 Å². The van der Waals surface area contributed by atoms with Gasteiger partial charge in [0, 0.05) is 39.3 Å². The minimum atomic E-state index is -4.42. The van der Waals surface area contributed by atoms with Gasteiger partial charge in [-0.3, -0.25) is 14.5 Å². The predicted octanol–water partition coefficient (Wildman–Crippen LogP) is 1.64. The van der Waals surface area contributed by atoms with Crippen LogP contribution in [-0.2, 0) is 27.0 Å². The lowest BCUT2D eigenvalue weighted by Gasteiger charge is -2.35. The van der Waals surface area contributed by atoms with Gasteiger partial charge >= 0.3 is 6.18 Å². The third-order valence-electron chi connectivity index (χ3n) is 5.02. The summed E-state index contributed by atoms with van der Waals surface area (Å²) in [6.07, 6.45) is -3.67. The average Bonchev–Trinajstić information content (AvgIpc) is 2.93. The average molecular weight is 399 g/mol. The molecule has 0 radical (unpaired) electrons. The van der Waals surface area contributed by atoms with Gasteiger partial charge in [-0.15, -0.1) is 0 Å². The largest absolute Gasteiger partial charge is 0.416 e. The van der Waals surface area contributed by atoms with Crippen molar-refractivity contribution in [2.75, 3.05) is 39.4 Å². The van der Waals surface area contributed by atoms with Crippen LogP contribution in [0.25, 0.3) is 0 Å². The maximum atomic E-state index is 13.0. The highest BCUT2D eigenvalue weighted by molar-refractivity contribution is 5.88. The number of carbonyl (C=O) groups is 2. The van der Waals surface area contributed by atoms with Gasteiger partial charge in [0.05, 0.1) is 24.6 Å². The number of ether oxygens (including phenoxy) is 1. The predicted molar refractivity (Wildman–Crippen MR) is 95.3 cm³/mol. The second kappa shape index (κ2) is 8.91. The number of benzene rings is 1. The topological polar surface area (TPSA) is 61.9 Å². The van der Waals surface area contributed by atoms with Crippen LogP contribution in [0.1, 0.15) is 24.0 Å². The molecule has 6 nitrogen and oxygen atoms in total. The van der Waals surface area contributed by atoms with Crippen LogP contribution >= 0.6 is 0 Å². The second-order valence-corrected chi connectivity index (χ2v) is 7.03. The highest BCUT2D eigenvalue weighted by Crippen LogP contribution is 2.30. The standard InChI is InChI=1S/C19H24F3N3O3/c20-19(21,22)15-4-1-3-14(11-15)13-25-7-5-23-18(27)16(25)12-17(26)24-6-2-9-28-10-8-24/h1,3-4,11,16H,2,5-10,12-13H2,(H,23,27)/t16-/m0/s1. The number of piperazine rings is 1. The van der Waals surface area contributed by atoms with E-state index in [2.05, 4.69) is 5.32 Å². The molecule has 2 aliphatic heterocycles. The number of alkyl halides is 3. The molecule has 154 valence electrons. The molecule has 1 aromatic carbocycles. The number of nitrogens with zero attached hydrogens (tertiary/aromatic N) is 2. The molecular formula is C19H24F3N3O3. The zero-order valence-electron chi connectivity index (χ0n) is 15.5. The van der Waals surface area contributed by atoms with Crippen molar-refractivity contribution in [3.8, 4) is 0 Å². The quantitative estimate of drug-likeness (QED) is 0.836. The van der Waals surface area contributed by atoms with Crippen LogP contribution in [0.2, 0.25) is 0 Å². The fraction of sp³-hybridized carbons (Fsp3) is 0.579. The maximum Gasteiger partial charge on any atom is 0.416 e. The Bertz CT molecular complexity index is 703. The van der Waals surface area contributed by atoms with Gasteiger partial charge in [-0.1, -0.05) is 18.2 Å². The Labute approximate surface area is 161 Å². The Balaban J connectivity index is 1.70.